The first-order valence-electron chi connectivity index (χ1n) is 14.2. The second-order valence-electron chi connectivity index (χ2n) is 11.1. The van der Waals surface area contributed by atoms with E-state index in [1.807, 2.05) is 42.3 Å². The van der Waals surface area contributed by atoms with E-state index in [2.05, 4.69) is 52.4 Å². The highest BCUT2D eigenvalue weighted by atomic mass is 16.4. The highest BCUT2D eigenvalue weighted by molar-refractivity contribution is 5.74. The van der Waals surface area contributed by atoms with Gasteiger partial charge < -0.3 is 20.2 Å². The molecule has 0 spiro atoms. The van der Waals surface area contributed by atoms with Gasteiger partial charge in [0.25, 0.3) is 0 Å². The van der Waals surface area contributed by atoms with E-state index in [9.17, 15) is 14.7 Å². The zero-order chi connectivity index (χ0) is 26.9. The van der Waals surface area contributed by atoms with Crippen LogP contribution in [0.1, 0.15) is 56.1 Å². The number of carboxylic acid groups (broad SMARTS) is 1. The number of aliphatic carboxylic acids is 1. The number of piperidine rings is 1. The Morgan fingerprint density at radius 3 is 2.26 bits per heavy atom. The lowest BCUT2D eigenvalue weighted by atomic mass is 9.88. The Balaban J connectivity index is 1.34. The van der Waals surface area contributed by atoms with Gasteiger partial charge in [0.15, 0.2) is 0 Å². The van der Waals surface area contributed by atoms with Crippen LogP contribution < -0.4 is 5.32 Å². The molecule has 206 valence electrons. The fraction of sp³-hybridized carbons (Fsp3) is 0.548. The summed E-state index contributed by atoms with van der Waals surface area (Å²) in [5.74, 6) is 0.172. The molecule has 7 nitrogen and oxygen atoms in total. The normalized spacial score (nSPS) is 22.4. The number of hydrogen-bond donors (Lipinski definition) is 2. The Morgan fingerprint density at radius 1 is 0.974 bits per heavy atom. The maximum atomic E-state index is 13.1. The van der Waals surface area contributed by atoms with Crippen molar-refractivity contribution in [2.75, 3.05) is 39.8 Å². The van der Waals surface area contributed by atoms with Crippen LogP contribution in [-0.2, 0) is 11.3 Å². The molecule has 2 aliphatic rings. The minimum absolute atomic E-state index is 0.0402. The van der Waals surface area contributed by atoms with E-state index in [0.29, 0.717) is 18.4 Å². The van der Waals surface area contributed by atoms with Crippen molar-refractivity contribution < 1.29 is 14.7 Å². The number of benzene rings is 2. The number of amides is 2. The zero-order valence-corrected chi connectivity index (χ0v) is 23.0. The second kappa shape index (κ2) is 13.8. The van der Waals surface area contributed by atoms with E-state index in [4.69, 9.17) is 0 Å². The van der Waals surface area contributed by atoms with Crippen LogP contribution in [0, 0.1) is 5.92 Å². The molecular formula is C31H44N4O3. The van der Waals surface area contributed by atoms with Crippen LogP contribution in [0.2, 0.25) is 0 Å². The number of rotatable bonds is 11. The lowest BCUT2D eigenvalue weighted by molar-refractivity contribution is -0.138. The van der Waals surface area contributed by atoms with Gasteiger partial charge in [0.1, 0.15) is 0 Å². The molecule has 0 radical (unpaired) electrons. The number of carbonyl (C=O) groups excluding carboxylic acids is 1. The average molecular weight is 521 g/mol. The molecule has 0 aromatic heterocycles. The van der Waals surface area contributed by atoms with Gasteiger partial charge in [-0.05, 0) is 62.1 Å². The van der Waals surface area contributed by atoms with E-state index < -0.39 is 5.97 Å². The minimum atomic E-state index is -0.765. The Morgan fingerprint density at radius 2 is 1.63 bits per heavy atom. The Hall–Kier alpha value is -2.90. The van der Waals surface area contributed by atoms with Gasteiger partial charge in [0.05, 0.1) is 6.54 Å². The zero-order valence-electron chi connectivity index (χ0n) is 23.0. The number of likely N-dealkylation sites (tertiary alicyclic amines) is 1. The summed E-state index contributed by atoms with van der Waals surface area (Å²) in [6, 6.07) is 21.4. The average Bonchev–Trinajstić information content (AvgIpc) is 3.35. The molecule has 38 heavy (non-hydrogen) atoms. The summed E-state index contributed by atoms with van der Waals surface area (Å²) in [7, 11) is 1.94. The predicted molar refractivity (Wildman–Crippen MR) is 151 cm³/mol. The number of nitrogens with zero attached hydrogens (tertiary/aromatic N) is 3. The third kappa shape index (κ3) is 7.58. The van der Waals surface area contributed by atoms with E-state index in [0.717, 1.165) is 63.8 Å². The van der Waals surface area contributed by atoms with Crippen molar-refractivity contribution in [3.63, 3.8) is 0 Å². The number of hydrogen-bond acceptors (Lipinski definition) is 4. The summed E-state index contributed by atoms with van der Waals surface area (Å²) in [6.07, 6.45) is 4.95. The van der Waals surface area contributed by atoms with Crippen molar-refractivity contribution in [2.24, 2.45) is 5.92 Å². The highest BCUT2D eigenvalue weighted by Crippen LogP contribution is 2.42. The third-order valence-corrected chi connectivity index (χ3v) is 8.41. The molecule has 1 aliphatic carbocycles. The van der Waals surface area contributed by atoms with Crippen LogP contribution in [0.3, 0.4) is 0 Å². The molecule has 2 N–H and O–H groups in total. The first-order chi connectivity index (χ1) is 18.4. The van der Waals surface area contributed by atoms with Crippen molar-refractivity contribution in [1.82, 2.24) is 20.0 Å². The predicted octanol–water partition coefficient (Wildman–Crippen LogP) is 4.65. The van der Waals surface area contributed by atoms with E-state index in [1.54, 1.807) is 0 Å². The van der Waals surface area contributed by atoms with Gasteiger partial charge in [0.2, 0.25) is 0 Å². The van der Waals surface area contributed by atoms with E-state index in [1.165, 1.54) is 5.56 Å². The molecule has 2 aromatic carbocycles. The molecule has 2 fully saturated rings. The number of carboxylic acids is 1. The van der Waals surface area contributed by atoms with Crippen LogP contribution >= 0.6 is 0 Å². The highest BCUT2D eigenvalue weighted by Gasteiger charge is 2.39. The minimum Gasteiger partial charge on any atom is -0.480 e. The fourth-order valence-corrected chi connectivity index (χ4v) is 6.42. The Bertz CT molecular complexity index is 1010. The van der Waals surface area contributed by atoms with Crippen molar-refractivity contribution in [3.8, 4) is 0 Å². The van der Waals surface area contributed by atoms with Gasteiger partial charge in [-0.15, -0.1) is 0 Å². The van der Waals surface area contributed by atoms with Crippen molar-refractivity contribution in [2.45, 2.75) is 63.6 Å². The molecule has 3 atom stereocenters. The number of nitrogens with one attached hydrogen (secondary N) is 1. The molecular weight excluding hydrogens is 476 g/mol. The van der Waals surface area contributed by atoms with Gasteiger partial charge in [0, 0.05) is 44.8 Å². The van der Waals surface area contributed by atoms with Crippen LogP contribution in [0.4, 0.5) is 4.79 Å². The quantitative estimate of drug-likeness (QED) is 0.451. The van der Waals surface area contributed by atoms with Crippen LogP contribution in [0.5, 0.6) is 0 Å². The molecule has 1 heterocycles. The molecule has 7 heteroatoms. The number of urea groups is 1. The van der Waals surface area contributed by atoms with Crippen LogP contribution in [-0.4, -0.2) is 83.7 Å². The first-order valence-corrected chi connectivity index (χ1v) is 14.2. The SMILES string of the molecule is CCCN(C(=O)NCc1ccccc1)C1CCN(C[C@H]2CC(N(C)CC(=O)O)C[C@@H]2c2ccccc2)CC1. The molecule has 0 bridgehead atoms. The maximum Gasteiger partial charge on any atom is 0.317 e. The first kappa shape index (κ1) is 28.1. The van der Waals surface area contributed by atoms with Crippen LogP contribution in [0.25, 0.3) is 0 Å². The Labute approximate surface area is 227 Å². The van der Waals surface area contributed by atoms with Crippen molar-refractivity contribution >= 4 is 12.0 Å². The monoisotopic (exact) mass is 520 g/mol. The summed E-state index contributed by atoms with van der Waals surface area (Å²) in [5.41, 5.74) is 2.48. The van der Waals surface area contributed by atoms with Crippen molar-refractivity contribution in [3.05, 3.63) is 71.8 Å². The topological polar surface area (TPSA) is 76.1 Å². The fourth-order valence-electron chi connectivity index (χ4n) is 6.42. The number of carbonyl (C=O) groups is 2. The van der Waals surface area contributed by atoms with E-state index >= 15 is 0 Å². The molecule has 4 rings (SSSR count). The number of likely N-dealkylation sites (N-methyl/N-ethyl adjacent to an activating group) is 1. The van der Waals surface area contributed by atoms with Crippen molar-refractivity contribution in [1.29, 1.82) is 0 Å². The maximum absolute atomic E-state index is 13.1. The molecule has 1 saturated heterocycles. The third-order valence-electron chi connectivity index (χ3n) is 8.41. The summed E-state index contributed by atoms with van der Waals surface area (Å²) >= 11 is 0. The Kier molecular flexibility index (Phi) is 10.2. The van der Waals surface area contributed by atoms with Gasteiger partial charge in [-0.25, -0.2) is 4.79 Å². The van der Waals surface area contributed by atoms with Gasteiger partial charge in [-0.1, -0.05) is 67.6 Å². The lowest BCUT2D eigenvalue weighted by Gasteiger charge is -2.39. The summed E-state index contributed by atoms with van der Waals surface area (Å²) < 4.78 is 0. The lowest BCUT2D eigenvalue weighted by Crippen LogP contribution is -2.51. The largest absolute Gasteiger partial charge is 0.480 e. The second-order valence-corrected chi connectivity index (χ2v) is 11.1. The molecule has 1 unspecified atom stereocenters. The molecule has 1 saturated carbocycles. The van der Waals surface area contributed by atoms with Gasteiger partial charge in [-0.3, -0.25) is 9.69 Å². The smallest absolute Gasteiger partial charge is 0.317 e. The standard InChI is InChI=1S/C31H44N4O3/c1-3-16-35(31(38)32-21-24-10-6-4-7-11-24)27-14-17-34(18-15-27)22-26-19-28(33(2)23-30(36)37)20-29(26)25-12-8-5-9-13-25/h4-13,26-29H,3,14-23H2,1-2H3,(H,32,38)(H,36,37)/t26-,28?,29-/m1/s1. The summed E-state index contributed by atoms with van der Waals surface area (Å²) in [5, 5.41) is 12.4. The van der Waals surface area contributed by atoms with Gasteiger partial charge in [-0.2, -0.15) is 0 Å². The molecule has 2 amide bonds. The van der Waals surface area contributed by atoms with Gasteiger partial charge >= 0.3 is 12.0 Å². The summed E-state index contributed by atoms with van der Waals surface area (Å²) in [6.45, 7) is 6.56. The van der Waals surface area contributed by atoms with Crippen LogP contribution in [0.15, 0.2) is 60.7 Å². The molecule has 1 aliphatic heterocycles. The molecule has 2 aromatic rings. The summed E-state index contributed by atoms with van der Waals surface area (Å²) in [4.78, 5) is 31.1. The van der Waals surface area contributed by atoms with E-state index in [-0.39, 0.29) is 24.7 Å².